The van der Waals surface area contributed by atoms with Crippen LogP contribution >= 0.6 is 0 Å². The molecule has 3 rings (SSSR count). The van der Waals surface area contributed by atoms with Crippen molar-refractivity contribution in [3.63, 3.8) is 0 Å². The maximum absolute atomic E-state index is 9.66. The largest absolute Gasteiger partial charge is 0.504 e. The second-order valence-electron chi connectivity index (χ2n) is 5.42. The molecule has 2 aromatic carbocycles. The van der Waals surface area contributed by atoms with Gasteiger partial charge >= 0.3 is 0 Å². The second-order valence-corrected chi connectivity index (χ2v) is 5.42. The summed E-state index contributed by atoms with van der Waals surface area (Å²) in [5, 5.41) is 38.2. The molecule has 118 valence electrons. The standard InChI is InChI=1S/C18H16O5/c1-9-10(2)18(12-4-6-14(20)16(22)8-12)23-17(9)11-3-5-13(19)15(21)7-11/h3-8,19-22H,1-2H3. The molecule has 5 heteroatoms. The Balaban J connectivity index is 2.14. The molecule has 0 amide bonds. The van der Waals surface area contributed by atoms with Crippen LogP contribution in [0, 0.1) is 13.8 Å². The second kappa shape index (κ2) is 5.28. The van der Waals surface area contributed by atoms with Gasteiger partial charge in [0, 0.05) is 11.1 Å². The number of rotatable bonds is 2. The van der Waals surface area contributed by atoms with Crippen molar-refractivity contribution < 1.29 is 24.8 Å². The summed E-state index contributed by atoms with van der Waals surface area (Å²) in [5.74, 6) is 0.303. The van der Waals surface area contributed by atoms with Crippen LogP contribution in [0.3, 0.4) is 0 Å². The third-order valence-electron chi connectivity index (χ3n) is 3.92. The monoisotopic (exact) mass is 312 g/mol. The fourth-order valence-corrected chi connectivity index (χ4v) is 2.48. The molecule has 0 atom stereocenters. The highest BCUT2D eigenvalue weighted by Crippen LogP contribution is 2.40. The number of hydrogen-bond acceptors (Lipinski definition) is 5. The van der Waals surface area contributed by atoms with E-state index in [0.717, 1.165) is 11.1 Å². The van der Waals surface area contributed by atoms with Crippen LogP contribution < -0.4 is 0 Å². The van der Waals surface area contributed by atoms with Gasteiger partial charge in [0.25, 0.3) is 0 Å². The van der Waals surface area contributed by atoms with Gasteiger partial charge in [-0.2, -0.15) is 0 Å². The Bertz CT molecular complexity index is 821. The topological polar surface area (TPSA) is 94.1 Å². The minimum atomic E-state index is -0.222. The first kappa shape index (κ1) is 14.8. The molecular formula is C18H16O5. The molecule has 0 radical (unpaired) electrons. The van der Waals surface area contributed by atoms with E-state index in [9.17, 15) is 20.4 Å². The SMILES string of the molecule is Cc1c(-c2ccc(O)c(O)c2)oc(-c2ccc(O)c(O)c2)c1C. The molecule has 0 aliphatic rings. The van der Waals surface area contributed by atoms with E-state index in [1.165, 1.54) is 24.3 Å². The Morgan fingerprint density at radius 2 is 1.00 bits per heavy atom. The smallest absolute Gasteiger partial charge is 0.158 e. The summed E-state index contributed by atoms with van der Waals surface area (Å²) >= 11 is 0. The summed E-state index contributed by atoms with van der Waals surface area (Å²) in [5.41, 5.74) is 3.04. The fourth-order valence-electron chi connectivity index (χ4n) is 2.48. The van der Waals surface area contributed by atoms with Crippen LogP contribution in [0.25, 0.3) is 22.6 Å². The van der Waals surface area contributed by atoms with E-state index in [1.807, 2.05) is 13.8 Å². The van der Waals surface area contributed by atoms with Crippen molar-refractivity contribution in [2.45, 2.75) is 13.8 Å². The molecule has 0 spiro atoms. The van der Waals surface area contributed by atoms with Crippen LogP contribution in [0.1, 0.15) is 11.1 Å². The molecule has 0 saturated heterocycles. The van der Waals surface area contributed by atoms with Gasteiger partial charge in [-0.1, -0.05) is 0 Å². The van der Waals surface area contributed by atoms with Crippen molar-refractivity contribution in [1.29, 1.82) is 0 Å². The van der Waals surface area contributed by atoms with Crippen molar-refractivity contribution in [2.75, 3.05) is 0 Å². The van der Waals surface area contributed by atoms with E-state index in [-0.39, 0.29) is 23.0 Å². The molecule has 1 heterocycles. The zero-order valence-electron chi connectivity index (χ0n) is 12.7. The molecule has 1 aromatic heterocycles. The highest BCUT2D eigenvalue weighted by Gasteiger charge is 2.18. The lowest BCUT2D eigenvalue weighted by Gasteiger charge is -2.03. The predicted octanol–water partition coefficient (Wildman–Crippen LogP) is 4.05. The van der Waals surface area contributed by atoms with Crippen LogP contribution in [-0.2, 0) is 0 Å². The van der Waals surface area contributed by atoms with Gasteiger partial charge in [0.2, 0.25) is 0 Å². The first-order valence-corrected chi connectivity index (χ1v) is 7.03. The zero-order valence-corrected chi connectivity index (χ0v) is 12.7. The molecule has 3 aromatic rings. The number of phenolic OH excluding ortho intramolecular Hbond substituents is 4. The number of aromatic hydroxyl groups is 4. The van der Waals surface area contributed by atoms with Crippen LogP contribution in [0.15, 0.2) is 40.8 Å². The Morgan fingerprint density at radius 1 is 0.609 bits per heavy atom. The van der Waals surface area contributed by atoms with E-state index in [1.54, 1.807) is 12.1 Å². The summed E-state index contributed by atoms with van der Waals surface area (Å²) in [6.07, 6.45) is 0. The van der Waals surface area contributed by atoms with Crippen molar-refractivity contribution in [1.82, 2.24) is 0 Å². The lowest BCUT2D eigenvalue weighted by molar-refractivity contribution is 0.403. The van der Waals surface area contributed by atoms with Gasteiger partial charge in [-0.3, -0.25) is 0 Å². The van der Waals surface area contributed by atoms with Crippen LogP contribution in [0.5, 0.6) is 23.0 Å². The first-order chi connectivity index (χ1) is 10.9. The average Bonchev–Trinajstić information content (AvgIpc) is 2.81. The summed E-state index contributed by atoms with van der Waals surface area (Å²) in [4.78, 5) is 0. The zero-order chi connectivity index (χ0) is 16.7. The molecule has 0 aliphatic heterocycles. The van der Waals surface area contributed by atoms with Crippen LogP contribution in [0.2, 0.25) is 0 Å². The summed E-state index contributed by atoms with van der Waals surface area (Å²) in [6.45, 7) is 3.78. The number of hydrogen-bond donors (Lipinski definition) is 4. The number of phenols is 4. The fraction of sp³-hybridized carbons (Fsp3) is 0.111. The Morgan fingerprint density at radius 3 is 1.35 bits per heavy atom. The highest BCUT2D eigenvalue weighted by atomic mass is 16.3. The minimum Gasteiger partial charge on any atom is -0.504 e. The Labute approximate surface area is 132 Å². The Hall–Kier alpha value is -3.08. The number of benzene rings is 2. The molecule has 5 nitrogen and oxygen atoms in total. The first-order valence-electron chi connectivity index (χ1n) is 7.03. The molecule has 0 fully saturated rings. The maximum atomic E-state index is 9.66. The van der Waals surface area contributed by atoms with E-state index < -0.39 is 0 Å². The van der Waals surface area contributed by atoms with Gasteiger partial charge in [0.15, 0.2) is 23.0 Å². The van der Waals surface area contributed by atoms with Gasteiger partial charge in [-0.25, -0.2) is 0 Å². The quantitative estimate of drug-likeness (QED) is 0.535. The molecule has 0 saturated carbocycles. The van der Waals surface area contributed by atoms with Gasteiger partial charge in [-0.15, -0.1) is 0 Å². The normalized spacial score (nSPS) is 10.9. The molecular weight excluding hydrogens is 296 g/mol. The third kappa shape index (κ3) is 2.46. The van der Waals surface area contributed by atoms with Crippen molar-refractivity contribution >= 4 is 0 Å². The third-order valence-corrected chi connectivity index (χ3v) is 3.92. The van der Waals surface area contributed by atoms with Gasteiger partial charge < -0.3 is 24.8 Å². The van der Waals surface area contributed by atoms with Gasteiger partial charge in [0.1, 0.15) is 11.5 Å². The molecule has 23 heavy (non-hydrogen) atoms. The lowest BCUT2D eigenvalue weighted by Crippen LogP contribution is -1.80. The van der Waals surface area contributed by atoms with Crippen molar-refractivity contribution in [2.24, 2.45) is 0 Å². The van der Waals surface area contributed by atoms with Crippen LogP contribution in [0.4, 0.5) is 0 Å². The summed E-state index contributed by atoms with van der Waals surface area (Å²) in [6, 6.07) is 8.95. The van der Waals surface area contributed by atoms with E-state index >= 15 is 0 Å². The van der Waals surface area contributed by atoms with Crippen LogP contribution in [-0.4, -0.2) is 20.4 Å². The molecule has 0 bridgehead atoms. The average molecular weight is 312 g/mol. The predicted molar refractivity (Wildman–Crippen MR) is 85.7 cm³/mol. The summed E-state index contributed by atoms with van der Waals surface area (Å²) in [7, 11) is 0. The van der Waals surface area contributed by atoms with Crippen molar-refractivity contribution in [3.8, 4) is 45.6 Å². The van der Waals surface area contributed by atoms with E-state index in [4.69, 9.17) is 4.42 Å². The number of furan rings is 1. The summed E-state index contributed by atoms with van der Waals surface area (Å²) < 4.78 is 5.92. The van der Waals surface area contributed by atoms with Gasteiger partial charge in [-0.05, 0) is 61.4 Å². The molecule has 0 aliphatic carbocycles. The minimum absolute atomic E-state index is 0.196. The van der Waals surface area contributed by atoms with E-state index in [0.29, 0.717) is 22.6 Å². The van der Waals surface area contributed by atoms with Gasteiger partial charge in [0.05, 0.1) is 0 Å². The lowest BCUT2D eigenvalue weighted by atomic mass is 10.0. The molecule has 0 unspecified atom stereocenters. The Kier molecular flexibility index (Phi) is 3.41. The maximum Gasteiger partial charge on any atom is 0.158 e. The van der Waals surface area contributed by atoms with E-state index in [2.05, 4.69) is 0 Å². The van der Waals surface area contributed by atoms with Crippen molar-refractivity contribution in [3.05, 3.63) is 47.5 Å². The molecule has 4 N–H and O–H groups in total. The highest BCUT2D eigenvalue weighted by molar-refractivity contribution is 5.74.